The second-order valence-corrected chi connectivity index (χ2v) is 6.77. The van der Waals surface area contributed by atoms with Gasteiger partial charge in [0.1, 0.15) is 0 Å². The van der Waals surface area contributed by atoms with E-state index in [0.29, 0.717) is 0 Å². The summed E-state index contributed by atoms with van der Waals surface area (Å²) in [7, 11) is 1.88. The standard InChI is InChI=1S/C23H21N3O2/c1-24-18-13-11-17(12-14-18)23-22(19-9-5-6-10-21(19)25-23)20(15-26(27)28)16-7-3-2-4-8-16/h2-14,20,24-25H,15H2,1H3. The lowest BCUT2D eigenvalue weighted by atomic mass is 9.87. The highest BCUT2D eigenvalue weighted by atomic mass is 16.6. The molecule has 0 radical (unpaired) electrons. The molecule has 5 heteroatoms. The van der Waals surface area contributed by atoms with Crippen molar-refractivity contribution in [1.82, 2.24) is 4.98 Å². The third kappa shape index (κ3) is 3.34. The molecule has 0 amide bonds. The predicted molar refractivity (Wildman–Crippen MR) is 113 cm³/mol. The Hall–Kier alpha value is -3.60. The maximum absolute atomic E-state index is 11.5. The Morgan fingerprint density at radius 2 is 1.64 bits per heavy atom. The molecule has 0 bridgehead atoms. The van der Waals surface area contributed by atoms with Gasteiger partial charge in [0, 0.05) is 28.6 Å². The van der Waals surface area contributed by atoms with Crippen LogP contribution in [-0.4, -0.2) is 23.5 Å². The first-order valence-electron chi connectivity index (χ1n) is 9.23. The van der Waals surface area contributed by atoms with Crippen LogP contribution in [0.3, 0.4) is 0 Å². The molecular formula is C23H21N3O2. The molecule has 5 nitrogen and oxygen atoms in total. The normalized spacial score (nSPS) is 12.0. The van der Waals surface area contributed by atoms with Gasteiger partial charge in [-0.1, -0.05) is 60.7 Å². The summed E-state index contributed by atoms with van der Waals surface area (Å²) in [5, 5.41) is 15.7. The fourth-order valence-corrected chi connectivity index (χ4v) is 3.75. The van der Waals surface area contributed by atoms with Gasteiger partial charge in [0.2, 0.25) is 6.54 Å². The number of benzene rings is 3. The molecule has 0 spiro atoms. The Morgan fingerprint density at radius 1 is 0.964 bits per heavy atom. The number of hydrogen-bond acceptors (Lipinski definition) is 3. The Labute approximate surface area is 163 Å². The van der Waals surface area contributed by atoms with Crippen molar-refractivity contribution in [2.24, 2.45) is 0 Å². The van der Waals surface area contributed by atoms with Crippen LogP contribution in [0.1, 0.15) is 17.0 Å². The molecule has 140 valence electrons. The minimum Gasteiger partial charge on any atom is -0.388 e. The number of H-pyrrole nitrogens is 1. The van der Waals surface area contributed by atoms with Crippen molar-refractivity contribution < 1.29 is 4.92 Å². The highest BCUT2D eigenvalue weighted by Gasteiger charge is 2.27. The Kier molecular flexibility index (Phi) is 4.81. The highest BCUT2D eigenvalue weighted by molar-refractivity contribution is 5.92. The van der Waals surface area contributed by atoms with Gasteiger partial charge in [-0.3, -0.25) is 10.1 Å². The van der Waals surface area contributed by atoms with Crippen molar-refractivity contribution in [3.63, 3.8) is 0 Å². The van der Waals surface area contributed by atoms with Crippen molar-refractivity contribution in [3.05, 3.63) is 100 Å². The van der Waals surface area contributed by atoms with Gasteiger partial charge in [0.15, 0.2) is 0 Å². The molecule has 0 aliphatic carbocycles. The molecule has 0 saturated carbocycles. The average molecular weight is 371 g/mol. The zero-order chi connectivity index (χ0) is 19.5. The lowest BCUT2D eigenvalue weighted by molar-refractivity contribution is -0.481. The number of aromatic amines is 1. The van der Waals surface area contributed by atoms with E-state index in [9.17, 15) is 10.1 Å². The summed E-state index contributed by atoms with van der Waals surface area (Å²) in [6, 6.07) is 25.8. The Bertz CT molecular complexity index is 1100. The summed E-state index contributed by atoms with van der Waals surface area (Å²) in [6.45, 7) is -0.159. The van der Waals surface area contributed by atoms with Crippen LogP contribution in [0.5, 0.6) is 0 Å². The Balaban J connectivity index is 1.95. The molecule has 4 aromatic rings. The molecule has 28 heavy (non-hydrogen) atoms. The molecular weight excluding hydrogens is 350 g/mol. The van der Waals surface area contributed by atoms with Gasteiger partial charge in [-0.05, 0) is 34.9 Å². The monoisotopic (exact) mass is 371 g/mol. The number of fused-ring (bicyclic) bond motifs is 1. The first-order chi connectivity index (χ1) is 13.7. The van der Waals surface area contributed by atoms with E-state index in [2.05, 4.69) is 10.3 Å². The molecule has 2 N–H and O–H groups in total. The predicted octanol–water partition coefficient (Wildman–Crippen LogP) is 5.29. The number of aromatic nitrogens is 1. The average Bonchev–Trinajstić information content (AvgIpc) is 3.12. The molecule has 1 aromatic heterocycles. The summed E-state index contributed by atoms with van der Waals surface area (Å²) in [6.07, 6.45) is 0. The van der Waals surface area contributed by atoms with Gasteiger partial charge >= 0.3 is 0 Å². The molecule has 0 aliphatic rings. The summed E-state index contributed by atoms with van der Waals surface area (Å²) in [4.78, 5) is 14.8. The lowest BCUT2D eigenvalue weighted by Gasteiger charge is -2.16. The molecule has 0 fully saturated rings. The topological polar surface area (TPSA) is 71.0 Å². The molecule has 4 rings (SSSR count). The zero-order valence-electron chi connectivity index (χ0n) is 15.6. The van der Waals surface area contributed by atoms with E-state index < -0.39 is 0 Å². The van der Waals surface area contributed by atoms with Crippen LogP contribution in [-0.2, 0) is 0 Å². The minimum atomic E-state index is -0.341. The van der Waals surface area contributed by atoms with Gasteiger partial charge in [0.25, 0.3) is 0 Å². The van der Waals surface area contributed by atoms with Crippen LogP contribution in [0.25, 0.3) is 22.2 Å². The second kappa shape index (κ2) is 7.56. The van der Waals surface area contributed by atoms with Crippen LogP contribution in [0, 0.1) is 10.1 Å². The van der Waals surface area contributed by atoms with Gasteiger partial charge in [0.05, 0.1) is 11.6 Å². The van der Waals surface area contributed by atoms with Crippen LogP contribution in [0.2, 0.25) is 0 Å². The quantitative estimate of drug-likeness (QED) is 0.357. The maximum atomic E-state index is 11.5. The van der Waals surface area contributed by atoms with E-state index in [0.717, 1.165) is 39.0 Å². The minimum absolute atomic E-state index is 0.159. The fraction of sp³-hybridized carbons (Fsp3) is 0.130. The van der Waals surface area contributed by atoms with Crippen molar-refractivity contribution in [2.45, 2.75) is 5.92 Å². The summed E-state index contributed by atoms with van der Waals surface area (Å²) in [5.74, 6) is -0.341. The first-order valence-corrected chi connectivity index (χ1v) is 9.23. The van der Waals surface area contributed by atoms with Gasteiger partial charge in [-0.15, -0.1) is 0 Å². The van der Waals surface area contributed by atoms with Gasteiger partial charge in [-0.2, -0.15) is 0 Å². The third-order valence-corrected chi connectivity index (χ3v) is 5.09. The Morgan fingerprint density at radius 3 is 2.32 bits per heavy atom. The lowest BCUT2D eigenvalue weighted by Crippen LogP contribution is -2.14. The number of rotatable bonds is 6. The molecule has 0 saturated heterocycles. The number of hydrogen-bond donors (Lipinski definition) is 2. The smallest absolute Gasteiger partial charge is 0.214 e. The van der Waals surface area contributed by atoms with Crippen LogP contribution in [0.4, 0.5) is 5.69 Å². The number of nitrogens with zero attached hydrogens (tertiary/aromatic N) is 1. The third-order valence-electron chi connectivity index (χ3n) is 5.09. The van der Waals surface area contributed by atoms with Crippen molar-refractivity contribution in [1.29, 1.82) is 0 Å². The number of nitro groups is 1. The van der Waals surface area contributed by atoms with Crippen molar-refractivity contribution in [3.8, 4) is 11.3 Å². The summed E-state index contributed by atoms with van der Waals surface area (Å²) in [5.41, 5.74) is 5.85. The van der Waals surface area contributed by atoms with E-state index in [1.165, 1.54) is 0 Å². The second-order valence-electron chi connectivity index (χ2n) is 6.77. The highest BCUT2D eigenvalue weighted by Crippen LogP contribution is 2.39. The van der Waals surface area contributed by atoms with E-state index in [-0.39, 0.29) is 17.4 Å². The molecule has 1 atom stereocenters. The molecule has 1 unspecified atom stereocenters. The number of anilines is 1. The zero-order valence-corrected chi connectivity index (χ0v) is 15.6. The van der Waals surface area contributed by atoms with Crippen molar-refractivity contribution >= 4 is 16.6 Å². The van der Waals surface area contributed by atoms with E-state index >= 15 is 0 Å². The fourth-order valence-electron chi connectivity index (χ4n) is 3.75. The van der Waals surface area contributed by atoms with Crippen LogP contribution >= 0.6 is 0 Å². The summed E-state index contributed by atoms with van der Waals surface area (Å²) >= 11 is 0. The van der Waals surface area contributed by atoms with Crippen LogP contribution in [0.15, 0.2) is 78.9 Å². The number of para-hydroxylation sites is 1. The molecule has 3 aromatic carbocycles. The summed E-state index contributed by atoms with van der Waals surface area (Å²) < 4.78 is 0. The van der Waals surface area contributed by atoms with Gasteiger partial charge in [-0.25, -0.2) is 0 Å². The van der Waals surface area contributed by atoms with E-state index in [4.69, 9.17) is 0 Å². The first kappa shape index (κ1) is 17.8. The molecule has 0 aliphatic heterocycles. The van der Waals surface area contributed by atoms with Crippen molar-refractivity contribution in [2.75, 3.05) is 18.9 Å². The van der Waals surface area contributed by atoms with Gasteiger partial charge < -0.3 is 10.3 Å². The van der Waals surface area contributed by atoms with E-state index in [1.54, 1.807) is 0 Å². The maximum Gasteiger partial charge on any atom is 0.214 e. The number of nitrogens with one attached hydrogen (secondary N) is 2. The molecule has 1 heterocycles. The largest absolute Gasteiger partial charge is 0.388 e. The van der Waals surface area contributed by atoms with Crippen LogP contribution < -0.4 is 5.32 Å². The van der Waals surface area contributed by atoms with E-state index in [1.807, 2.05) is 85.9 Å². The SMILES string of the molecule is CNc1ccc(-c2[nH]c3ccccc3c2C(C[N+](=O)[O-])c2ccccc2)cc1.